The highest BCUT2D eigenvalue weighted by Crippen LogP contribution is 2.31. The van der Waals surface area contributed by atoms with Gasteiger partial charge in [0, 0.05) is 15.7 Å². The summed E-state index contributed by atoms with van der Waals surface area (Å²) in [5.74, 6) is -1.29. The fraction of sp³-hybridized carbons (Fsp3) is 0.0952. The normalized spacial score (nSPS) is 11.5. The maximum Gasteiger partial charge on any atom is 0.416 e. The van der Waals surface area contributed by atoms with Gasteiger partial charge in [0.15, 0.2) is 0 Å². The summed E-state index contributed by atoms with van der Waals surface area (Å²) >= 11 is 11.7. The van der Waals surface area contributed by atoms with Gasteiger partial charge in [-0.3, -0.25) is 14.6 Å². The lowest BCUT2D eigenvalue weighted by Crippen LogP contribution is -2.34. The molecular weight excluding hydrogens is 470 g/mol. The zero-order chi connectivity index (χ0) is 23.3. The molecule has 0 bridgehead atoms. The Labute approximate surface area is 190 Å². The van der Waals surface area contributed by atoms with Crippen LogP contribution in [0.15, 0.2) is 64.0 Å². The van der Waals surface area contributed by atoms with Gasteiger partial charge in [-0.15, -0.1) is 0 Å². The Morgan fingerprint density at radius 3 is 2.41 bits per heavy atom. The second-order valence-electron chi connectivity index (χ2n) is 6.41. The van der Waals surface area contributed by atoms with Crippen molar-refractivity contribution in [1.29, 1.82) is 0 Å². The molecular formula is C21H14Cl2F3N3O3. The average Bonchev–Trinajstić information content (AvgIpc) is 3.17. The summed E-state index contributed by atoms with van der Waals surface area (Å²) in [6.45, 7) is -0.0973. The molecule has 32 heavy (non-hydrogen) atoms. The highest BCUT2D eigenvalue weighted by molar-refractivity contribution is 6.40. The molecule has 0 unspecified atom stereocenters. The molecule has 2 amide bonds. The molecule has 2 N–H and O–H groups in total. The van der Waals surface area contributed by atoms with Gasteiger partial charge in [0.05, 0.1) is 24.0 Å². The number of benzene rings is 2. The number of amides is 2. The number of carbonyl (C=O) groups excluding carboxylic acids is 2. The highest BCUT2D eigenvalue weighted by atomic mass is 35.5. The molecule has 3 rings (SSSR count). The van der Waals surface area contributed by atoms with Crippen LogP contribution in [0.5, 0.6) is 0 Å². The number of nitrogens with one attached hydrogen (secondary N) is 2. The topological polar surface area (TPSA) is 83.7 Å². The fourth-order valence-electron chi connectivity index (χ4n) is 2.52. The van der Waals surface area contributed by atoms with Crippen molar-refractivity contribution in [1.82, 2.24) is 5.32 Å². The van der Waals surface area contributed by atoms with E-state index in [0.29, 0.717) is 15.8 Å². The summed E-state index contributed by atoms with van der Waals surface area (Å²) < 4.78 is 43.7. The fourth-order valence-corrected chi connectivity index (χ4v) is 3.05. The van der Waals surface area contributed by atoms with Gasteiger partial charge in [0.1, 0.15) is 11.5 Å². The monoisotopic (exact) mass is 483 g/mol. The van der Waals surface area contributed by atoms with Crippen LogP contribution in [-0.4, -0.2) is 18.0 Å². The highest BCUT2D eigenvalue weighted by Gasteiger charge is 2.30. The Bertz CT molecular complexity index is 1160. The second-order valence-corrected chi connectivity index (χ2v) is 7.28. The Balaban J connectivity index is 1.55. The minimum Gasteiger partial charge on any atom is -0.458 e. The second kappa shape index (κ2) is 9.88. The molecule has 0 aliphatic rings. The van der Waals surface area contributed by atoms with Crippen molar-refractivity contribution in [3.63, 3.8) is 0 Å². The van der Waals surface area contributed by atoms with E-state index in [-0.39, 0.29) is 23.7 Å². The molecule has 1 heterocycles. The Morgan fingerprint density at radius 2 is 1.72 bits per heavy atom. The number of rotatable bonds is 5. The van der Waals surface area contributed by atoms with Crippen LogP contribution in [-0.2, 0) is 22.3 Å². The predicted molar refractivity (Wildman–Crippen MR) is 114 cm³/mol. The zero-order valence-corrected chi connectivity index (χ0v) is 17.6. The third-order valence-corrected chi connectivity index (χ3v) is 4.38. The zero-order valence-electron chi connectivity index (χ0n) is 16.0. The predicted octanol–water partition coefficient (Wildman–Crippen LogP) is 5.61. The molecule has 6 nitrogen and oxygen atoms in total. The van der Waals surface area contributed by atoms with Crippen LogP contribution >= 0.6 is 23.2 Å². The van der Waals surface area contributed by atoms with Gasteiger partial charge < -0.3 is 15.1 Å². The summed E-state index contributed by atoms with van der Waals surface area (Å²) in [6.07, 6.45) is -3.22. The van der Waals surface area contributed by atoms with E-state index < -0.39 is 23.6 Å². The molecule has 166 valence electrons. The smallest absolute Gasteiger partial charge is 0.416 e. The van der Waals surface area contributed by atoms with E-state index in [9.17, 15) is 22.8 Å². The van der Waals surface area contributed by atoms with Crippen LogP contribution in [0, 0.1) is 0 Å². The SMILES string of the molecule is O=C(NCc1ccc(C=Nc2cccc(C(F)(F)F)c2)o1)C(=O)Nc1cc(Cl)cc(Cl)c1. The Kier molecular flexibility index (Phi) is 7.22. The molecule has 0 saturated heterocycles. The molecule has 2 aromatic carbocycles. The van der Waals surface area contributed by atoms with Gasteiger partial charge in [-0.05, 0) is 48.5 Å². The lowest BCUT2D eigenvalue weighted by Gasteiger charge is -2.06. The van der Waals surface area contributed by atoms with Gasteiger partial charge >= 0.3 is 18.0 Å². The first-order valence-corrected chi connectivity index (χ1v) is 9.71. The summed E-state index contributed by atoms with van der Waals surface area (Å²) in [7, 11) is 0. The van der Waals surface area contributed by atoms with E-state index >= 15 is 0 Å². The molecule has 0 fully saturated rings. The lowest BCUT2D eigenvalue weighted by molar-refractivity contribution is -0.137. The van der Waals surface area contributed by atoms with Crippen LogP contribution in [0.1, 0.15) is 17.1 Å². The van der Waals surface area contributed by atoms with Crippen LogP contribution in [0.2, 0.25) is 10.0 Å². The van der Waals surface area contributed by atoms with Crippen molar-refractivity contribution in [3.05, 3.63) is 81.7 Å². The average molecular weight is 484 g/mol. The van der Waals surface area contributed by atoms with Crippen LogP contribution in [0.25, 0.3) is 0 Å². The van der Waals surface area contributed by atoms with Gasteiger partial charge in [-0.25, -0.2) is 0 Å². The maximum atomic E-state index is 12.8. The number of alkyl halides is 3. The van der Waals surface area contributed by atoms with Crippen LogP contribution < -0.4 is 10.6 Å². The van der Waals surface area contributed by atoms with Gasteiger partial charge in [-0.1, -0.05) is 29.3 Å². The van der Waals surface area contributed by atoms with Gasteiger partial charge in [-0.2, -0.15) is 13.2 Å². The number of hydrogen-bond acceptors (Lipinski definition) is 4. The van der Waals surface area contributed by atoms with Crippen LogP contribution in [0.4, 0.5) is 24.5 Å². The maximum absolute atomic E-state index is 12.8. The van der Waals surface area contributed by atoms with E-state index in [1.807, 2.05) is 0 Å². The quantitative estimate of drug-likeness (QED) is 0.365. The summed E-state index contributed by atoms with van der Waals surface area (Å²) in [5, 5.41) is 5.33. The van der Waals surface area contributed by atoms with Crippen molar-refractivity contribution < 1.29 is 27.2 Å². The third kappa shape index (κ3) is 6.60. The van der Waals surface area contributed by atoms with E-state index in [4.69, 9.17) is 27.6 Å². The van der Waals surface area contributed by atoms with E-state index in [0.717, 1.165) is 12.1 Å². The van der Waals surface area contributed by atoms with Gasteiger partial charge in [0.2, 0.25) is 0 Å². The Morgan fingerprint density at radius 1 is 1.00 bits per heavy atom. The minimum absolute atomic E-state index is 0.0973. The molecule has 11 heteroatoms. The number of anilines is 1. The van der Waals surface area contributed by atoms with E-state index in [1.165, 1.54) is 48.7 Å². The van der Waals surface area contributed by atoms with Crippen molar-refractivity contribution >= 4 is 52.6 Å². The first-order valence-electron chi connectivity index (χ1n) is 8.95. The molecule has 0 atom stereocenters. The number of furan rings is 1. The van der Waals surface area contributed by atoms with Gasteiger partial charge in [0.25, 0.3) is 0 Å². The third-order valence-electron chi connectivity index (χ3n) is 3.95. The molecule has 3 aromatic rings. The number of hydrogen-bond donors (Lipinski definition) is 2. The molecule has 1 aromatic heterocycles. The Hall–Kier alpha value is -3.30. The lowest BCUT2D eigenvalue weighted by atomic mass is 10.2. The van der Waals surface area contributed by atoms with Crippen LogP contribution in [0.3, 0.4) is 0 Å². The summed E-state index contributed by atoms with van der Waals surface area (Å²) in [5.41, 5.74) is -0.453. The van der Waals surface area contributed by atoms with E-state index in [1.54, 1.807) is 0 Å². The first kappa shape index (κ1) is 23.4. The molecule has 0 radical (unpaired) electrons. The molecule has 0 spiro atoms. The number of aliphatic imine (C=N–C) groups is 1. The molecule has 0 aliphatic heterocycles. The van der Waals surface area contributed by atoms with Crippen molar-refractivity contribution in [2.45, 2.75) is 12.7 Å². The largest absolute Gasteiger partial charge is 0.458 e. The standard InChI is InChI=1S/C21H14Cl2F3N3O3/c22-13-7-14(23)9-16(8-13)29-20(31)19(30)28-11-18-5-4-17(32-18)10-27-15-3-1-2-12(6-15)21(24,25)26/h1-10H,11H2,(H,28,30)(H,29,31). The van der Waals surface area contributed by atoms with E-state index in [2.05, 4.69) is 15.6 Å². The number of nitrogens with zero attached hydrogens (tertiary/aromatic N) is 1. The minimum atomic E-state index is -4.47. The van der Waals surface area contributed by atoms with Crippen molar-refractivity contribution in [2.24, 2.45) is 4.99 Å². The number of carbonyl (C=O) groups is 2. The van der Waals surface area contributed by atoms with Crippen molar-refractivity contribution in [3.8, 4) is 0 Å². The summed E-state index contributed by atoms with van der Waals surface area (Å²) in [4.78, 5) is 27.9. The molecule has 0 saturated carbocycles. The summed E-state index contributed by atoms with van der Waals surface area (Å²) in [6, 6.07) is 11.9. The number of halogens is 5. The van der Waals surface area contributed by atoms with Crippen molar-refractivity contribution in [2.75, 3.05) is 5.32 Å². The first-order chi connectivity index (χ1) is 15.1. The molecule has 0 aliphatic carbocycles.